The largest absolute Gasteiger partial charge is 0.476 e. The normalized spacial score (nSPS) is 13.8. The number of nitrogens with one attached hydrogen (secondary N) is 1. The molecule has 124 valence electrons. The highest BCUT2D eigenvalue weighted by Gasteiger charge is 2.21. The standard InChI is InChI=1S/C18H14N4O2S/c23-18(24)17-16(20-22-21-17)13-6-1-3-11(9-13)7-8-15-19-14(10-25-15)12-4-2-5-12/h1,3,6,9-10,12H,2,4-5H2,(H,23,24)(H,20,21,22). The smallest absolute Gasteiger partial charge is 0.358 e. The van der Waals surface area contributed by atoms with E-state index in [4.69, 9.17) is 5.11 Å². The monoisotopic (exact) mass is 350 g/mol. The lowest BCUT2D eigenvalue weighted by Gasteiger charge is -2.22. The van der Waals surface area contributed by atoms with Crippen molar-refractivity contribution < 1.29 is 9.90 Å². The summed E-state index contributed by atoms with van der Waals surface area (Å²) in [6, 6.07) is 7.28. The molecule has 0 atom stereocenters. The van der Waals surface area contributed by atoms with Crippen molar-refractivity contribution in [1.82, 2.24) is 20.4 Å². The second kappa shape index (κ2) is 6.49. The fourth-order valence-corrected chi connectivity index (χ4v) is 3.43. The predicted molar refractivity (Wildman–Crippen MR) is 93.5 cm³/mol. The minimum atomic E-state index is -1.12. The van der Waals surface area contributed by atoms with Crippen molar-refractivity contribution in [3.05, 3.63) is 51.6 Å². The average molecular weight is 350 g/mol. The molecule has 2 N–H and O–H groups in total. The van der Waals surface area contributed by atoms with Gasteiger partial charge in [-0.05, 0) is 30.9 Å². The van der Waals surface area contributed by atoms with Crippen LogP contribution in [-0.2, 0) is 0 Å². The number of thiazole rings is 1. The van der Waals surface area contributed by atoms with Crippen molar-refractivity contribution in [2.75, 3.05) is 0 Å². The number of aromatic amines is 1. The number of H-pyrrole nitrogens is 1. The van der Waals surface area contributed by atoms with Gasteiger partial charge in [0.2, 0.25) is 0 Å². The number of aromatic carboxylic acids is 1. The zero-order valence-electron chi connectivity index (χ0n) is 13.2. The first kappa shape index (κ1) is 15.5. The quantitative estimate of drug-likeness (QED) is 0.707. The summed E-state index contributed by atoms with van der Waals surface area (Å²) in [5.41, 5.74) is 2.79. The van der Waals surface area contributed by atoms with Crippen LogP contribution in [0.2, 0.25) is 0 Å². The Kier molecular flexibility index (Phi) is 4.04. The molecular formula is C18H14N4O2S. The number of rotatable bonds is 3. The molecule has 6 nitrogen and oxygen atoms in total. The van der Waals surface area contributed by atoms with E-state index in [2.05, 4.69) is 37.6 Å². The maximum absolute atomic E-state index is 11.2. The zero-order valence-corrected chi connectivity index (χ0v) is 14.0. The summed E-state index contributed by atoms with van der Waals surface area (Å²) in [5.74, 6) is 5.67. The predicted octanol–water partition coefficient (Wildman–Crippen LogP) is 3.29. The highest BCUT2D eigenvalue weighted by atomic mass is 32.1. The van der Waals surface area contributed by atoms with E-state index in [-0.39, 0.29) is 5.69 Å². The van der Waals surface area contributed by atoms with Gasteiger partial charge < -0.3 is 5.11 Å². The van der Waals surface area contributed by atoms with Crippen molar-refractivity contribution in [2.45, 2.75) is 25.2 Å². The highest BCUT2D eigenvalue weighted by Crippen LogP contribution is 2.36. The first-order valence-corrected chi connectivity index (χ1v) is 8.80. The summed E-state index contributed by atoms with van der Waals surface area (Å²) >= 11 is 1.56. The molecule has 1 aliphatic rings. The Bertz CT molecular complexity index is 992. The van der Waals surface area contributed by atoms with Gasteiger partial charge in [-0.15, -0.1) is 16.4 Å². The molecule has 0 saturated heterocycles. The Morgan fingerprint density at radius 2 is 2.16 bits per heavy atom. The lowest BCUT2D eigenvalue weighted by atomic mass is 9.83. The Morgan fingerprint density at radius 3 is 2.92 bits per heavy atom. The summed E-state index contributed by atoms with van der Waals surface area (Å²) in [7, 11) is 0. The second-order valence-corrected chi connectivity index (χ2v) is 6.72. The van der Waals surface area contributed by atoms with Crippen molar-refractivity contribution in [3.63, 3.8) is 0 Å². The molecule has 1 aromatic carbocycles. The molecule has 0 radical (unpaired) electrons. The molecule has 2 aromatic heterocycles. The van der Waals surface area contributed by atoms with Gasteiger partial charge in [0.05, 0.1) is 5.69 Å². The topological polar surface area (TPSA) is 91.8 Å². The summed E-state index contributed by atoms with van der Waals surface area (Å²) < 4.78 is 0. The van der Waals surface area contributed by atoms with E-state index in [0.29, 0.717) is 17.2 Å². The van der Waals surface area contributed by atoms with Gasteiger partial charge in [-0.25, -0.2) is 9.78 Å². The molecule has 0 aliphatic heterocycles. The number of hydrogen-bond donors (Lipinski definition) is 2. The maximum Gasteiger partial charge on any atom is 0.358 e. The molecule has 0 bridgehead atoms. The third-order valence-electron chi connectivity index (χ3n) is 4.25. The van der Waals surface area contributed by atoms with E-state index >= 15 is 0 Å². The maximum atomic E-state index is 11.2. The van der Waals surface area contributed by atoms with E-state index in [1.54, 1.807) is 23.5 Å². The van der Waals surface area contributed by atoms with Crippen LogP contribution in [0.25, 0.3) is 11.3 Å². The first-order chi connectivity index (χ1) is 12.2. The number of aromatic nitrogens is 4. The minimum absolute atomic E-state index is 0.102. The van der Waals surface area contributed by atoms with Gasteiger partial charge in [-0.3, -0.25) is 0 Å². The van der Waals surface area contributed by atoms with Crippen molar-refractivity contribution in [1.29, 1.82) is 0 Å². The fourth-order valence-electron chi connectivity index (χ4n) is 2.69. The van der Waals surface area contributed by atoms with Crippen molar-refractivity contribution in [2.24, 2.45) is 0 Å². The molecule has 1 fully saturated rings. The summed E-state index contributed by atoms with van der Waals surface area (Å²) in [6.45, 7) is 0. The van der Waals surface area contributed by atoms with Crippen LogP contribution in [0.3, 0.4) is 0 Å². The van der Waals surface area contributed by atoms with Crippen LogP contribution in [0, 0.1) is 11.8 Å². The molecule has 0 spiro atoms. The molecule has 25 heavy (non-hydrogen) atoms. The third-order valence-corrected chi connectivity index (χ3v) is 5.02. The molecule has 2 heterocycles. The minimum Gasteiger partial charge on any atom is -0.476 e. The number of carboxylic acid groups (broad SMARTS) is 1. The summed E-state index contributed by atoms with van der Waals surface area (Å²) in [5, 5.41) is 22.0. The molecular weight excluding hydrogens is 336 g/mol. The van der Waals surface area contributed by atoms with Gasteiger partial charge in [-0.1, -0.05) is 24.5 Å². The number of carbonyl (C=O) groups is 1. The van der Waals surface area contributed by atoms with Crippen LogP contribution >= 0.6 is 11.3 Å². The van der Waals surface area contributed by atoms with Gasteiger partial charge in [0.15, 0.2) is 10.7 Å². The van der Waals surface area contributed by atoms with Crippen LogP contribution in [0.1, 0.15) is 51.9 Å². The molecule has 1 aliphatic carbocycles. The van der Waals surface area contributed by atoms with Gasteiger partial charge in [-0.2, -0.15) is 10.3 Å². The van der Waals surface area contributed by atoms with Gasteiger partial charge in [0, 0.05) is 22.4 Å². The highest BCUT2D eigenvalue weighted by molar-refractivity contribution is 7.10. The van der Waals surface area contributed by atoms with Crippen molar-refractivity contribution in [3.8, 4) is 23.1 Å². The average Bonchev–Trinajstić information content (AvgIpc) is 3.21. The fraction of sp³-hybridized carbons (Fsp3) is 0.222. The third kappa shape index (κ3) is 3.16. The summed E-state index contributed by atoms with van der Waals surface area (Å²) in [4.78, 5) is 15.8. The van der Waals surface area contributed by atoms with Crippen LogP contribution in [0.5, 0.6) is 0 Å². The number of carboxylic acids is 1. The molecule has 0 amide bonds. The van der Waals surface area contributed by atoms with Gasteiger partial charge in [0.25, 0.3) is 0 Å². The molecule has 1 saturated carbocycles. The number of benzene rings is 1. The number of hydrogen-bond acceptors (Lipinski definition) is 5. The summed E-state index contributed by atoms with van der Waals surface area (Å²) in [6.07, 6.45) is 3.74. The molecule has 3 aromatic rings. The van der Waals surface area contributed by atoms with E-state index in [1.807, 2.05) is 12.1 Å². The Morgan fingerprint density at radius 1 is 1.28 bits per heavy atom. The van der Waals surface area contributed by atoms with E-state index in [9.17, 15) is 4.79 Å². The first-order valence-electron chi connectivity index (χ1n) is 7.92. The second-order valence-electron chi connectivity index (χ2n) is 5.86. The van der Waals surface area contributed by atoms with E-state index < -0.39 is 5.97 Å². The molecule has 7 heteroatoms. The zero-order chi connectivity index (χ0) is 17.2. The van der Waals surface area contributed by atoms with Crippen LogP contribution < -0.4 is 0 Å². The lowest BCUT2D eigenvalue weighted by Crippen LogP contribution is -2.08. The van der Waals surface area contributed by atoms with Gasteiger partial charge >= 0.3 is 5.97 Å². The van der Waals surface area contributed by atoms with Crippen molar-refractivity contribution >= 4 is 17.3 Å². The Hall–Kier alpha value is -2.98. The Labute approximate surface area is 147 Å². The van der Waals surface area contributed by atoms with Crippen LogP contribution in [0.4, 0.5) is 0 Å². The molecule has 0 unspecified atom stereocenters. The SMILES string of the molecule is O=C(O)c1n[nH]nc1-c1cccc(C#Cc2nc(C3CCC3)cs2)c1. The lowest BCUT2D eigenvalue weighted by molar-refractivity contribution is 0.0691. The van der Waals surface area contributed by atoms with Gasteiger partial charge in [0.1, 0.15) is 5.69 Å². The molecule has 4 rings (SSSR count). The van der Waals surface area contributed by atoms with Crippen LogP contribution in [0.15, 0.2) is 29.6 Å². The Balaban J connectivity index is 1.59. The number of nitrogens with zero attached hydrogens (tertiary/aromatic N) is 3. The van der Waals surface area contributed by atoms with E-state index in [1.165, 1.54) is 19.3 Å². The van der Waals surface area contributed by atoms with E-state index in [0.717, 1.165) is 16.3 Å². The van der Waals surface area contributed by atoms with Crippen LogP contribution in [-0.4, -0.2) is 31.5 Å².